The molecule has 0 saturated heterocycles. The Kier molecular flexibility index (Phi) is 7.65. The zero-order valence-electron chi connectivity index (χ0n) is 6.86. The maximum Gasteiger partial charge on any atom is 0.0962 e. The predicted octanol–water partition coefficient (Wildman–Crippen LogP) is -2.83. The number of quaternary nitrogens is 1. The van der Waals surface area contributed by atoms with Gasteiger partial charge in [0.15, 0.2) is 0 Å². The smallest absolute Gasteiger partial charge is 0.0962 e. The van der Waals surface area contributed by atoms with Crippen LogP contribution in [0.25, 0.3) is 0 Å². The van der Waals surface area contributed by atoms with Crippen LogP contribution >= 0.6 is 0 Å². The van der Waals surface area contributed by atoms with Gasteiger partial charge in [-0.25, -0.2) is 0 Å². The topological polar surface area (TPSA) is 47.9 Å². The van der Waals surface area contributed by atoms with Crippen LogP contribution in [0.5, 0.6) is 0 Å². The number of aliphatic hydroxyl groups is 1. The van der Waals surface area contributed by atoms with Crippen molar-refractivity contribution in [3.63, 3.8) is 0 Å². The van der Waals surface area contributed by atoms with E-state index in [9.17, 15) is 0 Å². The first-order valence-electron chi connectivity index (χ1n) is 3.64. The van der Waals surface area contributed by atoms with Crippen molar-refractivity contribution < 1.29 is 23.2 Å². The van der Waals surface area contributed by atoms with Gasteiger partial charge >= 0.3 is 0 Å². The standard InChI is InChI=1S/C7H17NO.ClH/c1-3-7(8,4-2)5-6-9;/h9H,3-6,8H2,1-2H3;1H. The monoisotopic (exact) mass is 167 g/mol. The van der Waals surface area contributed by atoms with Crippen LogP contribution in [0.1, 0.15) is 33.1 Å². The Morgan fingerprint density at radius 3 is 1.80 bits per heavy atom. The lowest BCUT2D eigenvalue weighted by molar-refractivity contribution is -0.482. The number of halogens is 1. The van der Waals surface area contributed by atoms with Gasteiger partial charge in [-0.2, -0.15) is 0 Å². The summed E-state index contributed by atoms with van der Waals surface area (Å²) < 4.78 is 0. The zero-order chi connectivity index (χ0) is 7.33. The molecule has 0 aromatic rings. The van der Waals surface area contributed by atoms with Crippen LogP contribution in [0.15, 0.2) is 0 Å². The van der Waals surface area contributed by atoms with Crippen molar-refractivity contribution in [3.05, 3.63) is 0 Å². The number of hydrogen-bond donors (Lipinski definition) is 2. The molecule has 2 nitrogen and oxygen atoms in total. The highest BCUT2D eigenvalue weighted by atomic mass is 35.5. The summed E-state index contributed by atoms with van der Waals surface area (Å²) in [6, 6.07) is 0. The van der Waals surface area contributed by atoms with E-state index in [0.717, 1.165) is 19.3 Å². The van der Waals surface area contributed by atoms with Gasteiger partial charge < -0.3 is 23.2 Å². The van der Waals surface area contributed by atoms with Crippen molar-refractivity contribution in [1.82, 2.24) is 0 Å². The van der Waals surface area contributed by atoms with E-state index < -0.39 is 0 Å². The molecule has 0 bridgehead atoms. The van der Waals surface area contributed by atoms with Gasteiger partial charge in [0.05, 0.1) is 5.54 Å². The quantitative estimate of drug-likeness (QED) is 0.466. The molecular formula is C7H18ClNO. The highest BCUT2D eigenvalue weighted by Crippen LogP contribution is 2.11. The molecule has 0 rings (SSSR count). The Morgan fingerprint density at radius 1 is 1.30 bits per heavy atom. The first-order chi connectivity index (χ1) is 4.18. The minimum atomic E-state index is 0. The summed E-state index contributed by atoms with van der Waals surface area (Å²) in [6.07, 6.45) is 2.95. The summed E-state index contributed by atoms with van der Waals surface area (Å²) in [5.41, 5.74) is 4.17. The fraction of sp³-hybridized carbons (Fsp3) is 1.00. The van der Waals surface area contributed by atoms with Crippen molar-refractivity contribution in [2.24, 2.45) is 0 Å². The fourth-order valence-electron chi connectivity index (χ4n) is 0.841. The molecule has 0 aliphatic carbocycles. The zero-order valence-corrected chi connectivity index (χ0v) is 7.62. The Hall–Kier alpha value is 0.210. The first-order valence-corrected chi connectivity index (χ1v) is 3.64. The lowest BCUT2D eigenvalue weighted by Gasteiger charge is -2.20. The van der Waals surface area contributed by atoms with Gasteiger partial charge in [0.25, 0.3) is 0 Å². The van der Waals surface area contributed by atoms with E-state index in [-0.39, 0.29) is 24.6 Å². The summed E-state index contributed by atoms with van der Waals surface area (Å²) in [4.78, 5) is 0. The molecule has 0 aliphatic heterocycles. The predicted molar refractivity (Wildman–Crippen MR) is 37.9 cm³/mol. The third-order valence-corrected chi connectivity index (χ3v) is 2.14. The van der Waals surface area contributed by atoms with Crippen molar-refractivity contribution in [2.75, 3.05) is 6.61 Å². The third kappa shape index (κ3) is 4.09. The molecule has 0 amide bonds. The molecule has 0 heterocycles. The van der Waals surface area contributed by atoms with E-state index in [1.54, 1.807) is 0 Å². The summed E-state index contributed by atoms with van der Waals surface area (Å²) in [5.74, 6) is 0. The van der Waals surface area contributed by atoms with Crippen molar-refractivity contribution in [2.45, 2.75) is 38.6 Å². The Morgan fingerprint density at radius 2 is 1.70 bits per heavy atom. The Balaban J connectivity index is 0. The average Bonchev–Trinajstić information content (AvgIpc) is 1.89. The molecule has 0 spiro atoms. The van der Waals surface area contributed by atoms with Crippen molar-refractivity contribution >= 4 is 0 Å². The molecule has 0 saturated carbocycles. The SMILES string of the molecule is CCC([NH3+])(CC)CCO.[Cl-]. The summed E-state index contributed by atoms with van der Waals surface area (Å²) in [5, 5.41) is 8.62. The van der Waals surface area contributed by atoms with Crippen LogP contribution < -0.4 is 18.1 Å². The second kappa shape index (κ2) is 5.96. The summed E-state index contributed by atoms with van der Waals surface area (Å²) in [6.45, 7) is 4.50. The van der Waals surface area contributed by atoms with Crippen molar-refractivity contribution in [1.29, 1.82) is 0 Å². The van der Waals surface area contributed by atoms with E-state index >= 15 is 0 Å². The molecule has 4 N–H and O–H groups in total. The molecule has 0 unspecified atom stereocenters. The molecule has 0 radical (unpaired) electrons. The van der Waals surface area contributed by atoms with E-state index in [0.29, 0.717) is 0 Å². The minimum absolute atomic E-state index is 0. The van der Waals surface area contributed by atoms with Crippen LogP contribution in [0, 0.1) is 0 Å². The van der Waals surface area contributed by atoms with Gasteiger partial charge in [0, 0.05) is 13.0 Å². The van der Waals surface area contributed by atoms with Gasteiger partial charge in [0.2, 0.25) is 0 Å². The van der Waals surface area contributed by atoms with Crippen LogP contribution in [0.4, 0.5) is 0 Å². The van der Waals surface area contributed by atoms with Gasteiger partial charge in [-0.05, 0) is 12.8 Å². The first kappa shape index (κ1) is 12.8. The van der Waals surface area contributed by atoms with Crippen LogP contribution in [-0.4, -0.2) is 17.3 Å². The van der Waals surface area contributed by atoms with Gasteiger partial charge in [-0.15, -0.1) is 0 Å². The Bertz CT molecular complexity index is 74.0. The highest BCUT2D eigenvalue weighted by molar-refractivity contribution is 4.71. The van der Waals surface area contributed by atoms with E-state index in [4.69, 9.17) is 5.11 Å². The van der Waals surface area contributed by atoms with Gasteiger partial charge in [-0.3, -0.25) is 0 Å². The second-order valence-corrected chi connectivity index (χ2v) is 2.68. The molecule has 10 heavy (non-hydrogen) atoms. The molecule has 0 fully saturated rings. The molecule has 0 aromatic carbocycles. The van der Waals surface area contributed by atoms with Crippen LogP contribution in [-0.2, 0) is 0 Å². The molecule has 0 aromatic heterocycles. The lowest BCUT2D eigenvalue weighted by atomic mass is 9.91. The van der Waals surface area contributed by atoms with E-state index in [2.05, 4.69) is 19.6 Å². The number of aliphatic hydroxyl groups excluding tert-OH is 1. The second-order valence-electron chi connectivity index (χ2n) is 2.68. The lowest BCUT2D eigenvalue weighted by Crippen LogP contribution is -3.00. The summed E-state index contributed by atoms with van der Waals surface area (Å²) >= 11 is 0. The minimum Gasteiger partial charge on any atom is -1.00 e. The Labute approximate surface area is 69.2 Å². The third-order valence-electron chi connectivity index (χ3n) is 2.14. The van der Waals surface area contributed by atoms with Gasteiger partial charge in [0.1, 0.15) is 0 Å². The molecule has 0 atom stereocenters. The average molecular weight is 168 g/mol. The normalized spacial score (nSPS) is 10.8. The largest absolute Gasteiger partial charge is 1.00 e. The molecule has 0 aliphatic rings. The summed E-state index contributed by atoms with van der Waals surface area (Å²) in [7, 11) is 0. The van der Waals surface area contributed by atoms with E-state index in [1.165, 1.54) is 0 Å². The van der Waals surface area contributed by atoms with Gasteiger partial charge in [-0.1, -0.05) is 13.8 Å². The van der Waals surface area contributed by atoms with Crippen LogP contribution in [0.3, 0.4) is 0 Å². The fourth-order valence-corrected chi connectivity index (χ4v) is 0.841. The van der Waals surface area contributed by atoms with Crippen molar-refractivity contribution in [3.8, 4) is 0 Å². The van der Waals surface area contributed by atoms with E-state index in [1.807, 2.05) is 0 Å². The number of rotatable bonds is 4. The molecule has 64 valence electrons. The van der Waals surface area contributed by atoms with Crippen LogP contribution in [0.2, 0.25) is 0 Å². The molecular weight excluding hydrogens is 150 g/mol. The molecule has 3 heteroatoms. The maximum absolute atomic E-state index is 8.62. The number of hydrogen-bond acceptors (Lipinski definition) is 1. The maximum atomic E-state index is 8.62. The highest BCUT2D eigenvalue weighted by Gasteiger charge is 2.22.